The molecule has 3 nitrogen and oxygen atoms in total. The van der Waals surface area contributed by atoms with Gasteiger partial charge in [0.2, 0.25) is 5.91 Å². The summed E-state index contributed by atoms with van der Waals surface area (Å²) < 4.78 is 0. The van der Waals surface area contributed by atoms with Crippen LogP contribution >= 0.6 is 23.2 Å². The molecule has 1 aliphatic rings. The first kappa shape index (κ1) is 13.7. The molecule has 1 aliphatic heterocycles. The number of carbonyl (C=O) groups is 1. The van der Waals surface area contributed by atoms with Crippen molar-refractivity contribution in [3.8, 4) is 0 Å². The van der Waals surface area contributed by atoms with Crippen LogP contribution in [0.3, 0.4) is 0 Å². The Bertz CT molecular complexity index is 431. The maximum Gasteiger partial charge on any atom is 0.224 e. The fraction of sp³-hybridized carbons (Fsp3) is 0.462. The molecule has 1 aromatic carbocycles. The molecule has 2 rings (SSSR count). The van der Waals surface area contributed by atoms with Crippen molar-refractivity contribution >= 4 is 29.1 Å². The smallest absolute Gasteiger partial charge is 0.224 e. The molecule has 5 heteroatoms. The molecule has 0 saturated carbocycles. The third-order valence-electron chi connectivity index (χ3n) is 3.14. The summed E-state index contributed by atoms with van der Waals surface area (Å²) in [5, 5.41) is 7.41. The molecule has 1 fully saturated rings. The van der Waals surface area contributed by atoms with E-state index in [-0.39, 0.29) is 11.8 Å². The zero-order valence-corrected chi connectivity index (χ0v) is 11.5. The van der Waals surface area contributed by atoms with Gasteiger partial charge in [-0.1, -0.05) is 29.3 Å². The van der Waals surface area contributed by atoms with Crippen LogP contribution in [0.1, 0.15) is 12.0 Å². The molecule has 18 heavy (non-hydrogen) atoms. The first-order valence-electron chi connectivity index (χ1n) is 6.09. The van der Waals surface area contributed by atoms with Crippen LogP contribution in [0, 0.1) is 5.92 Å². The zero-order chi connectivity index (χ0) is 13.0. The first-order valence-corrected chi connectivity index (χ1v) is 6.85. The summed E-state index contributed by atoms with van der Waals surface area (Å²) >= 11 is 11.9. The van der Waals surface area contributed by atoms with Gasteiger partial charge in [-0.25, -0.2) is 0 Å². The highest BCUT2D eigenvalue weighted by Crippen LogP contribution is 2.21. The van der Waals surface area contributed by atoms with Gasteiger partial charge in [0, 0.05) is 23.1 Å². The third kappa shape index (κ3) is 3.61. The largest absolute Gasteiger partial charge is 0.355 e. The highest BCUT2D eigenvalue weighted by atomic mass is 35.5. The average Bonchev–Trinajstić information content (AvgIpc) is 2.85. The van der Waals surface area contributed by atoms with E-state index in [1.54, 1.807) is 6.07 Å². The van der Waals surface area contributed by atoms with Crippen LogP contribution in [-0.4, -0.2) is 25.5 Å². The van der Waals surface area contributed by atoms with E-state index in [0.717, 1.165) is 31.5 Å². The normalized spacial score (nSPS) is 18.9. The van der Waals surface area contributed by atoms with Gasteiger partial charge in [0.25, 0.3) is 0 Å². The van der Waals surface area contributed by atoms with Crippen LogP contribution in [-0.2, 0) is 11.2 Å². The first-order chi connectivity index (χ1) is 8.66. The number of hydrogen-bond donors (Lipinski definition) is 2. The van der Waals surface area contributed by atoms with E-state index in [9.17, 15) is 4.79 Å². The lowest BCUT2D eigenvalue weighted by atomic mass is 10.1. The molecule has 1 amide bonds. The summed E-state index contributed by atoms with van der Waals surface area (Å²) in [5.41, 5.74) is 1.01. The van der Waals surface area contributed by atoms with Crippen LogP contribution in [0.15, 0.2) is 18.2 Å². The topological polar surface area (TPSA) is 41.1 Å². The fourth-order valence-corrected chi connectivity index (χ4v) is 2.57. The number of hydrogen-bond acceptors (Lipinski definition) is 2. The molecule has 1 atom stereocenters. The van der Waals surface area contributed by atoms with E-state index in [2.05, 4.69) is 10.6 Å². The molecular formula is C13H16Cl2N2O. The van der Waals surface area contributed by atoms with Crippen molar-refractivity contribution in [1.29, 1.82) is 0 Å². The summed E-state index contributed by atoms with van der Waals surface area (Å²) in [6.07, 6.45) is 1.65. The van der Waals surface area contributed by atoms with Gasteiger partial charge in [0.05, 0.1) is 5.92 Å². The molecule has 2 N–H and O–H groups in total. The number of benzene rings is 1. The Morgan fingerprint density at radius 3 is 2.94 bits per heavy atom. The van der Waals surface area contributed by atoms with Crippen LogP contribution in [0.4, 0.5) is 0 Å². The SMILES string of the molecule is O=C(NCCc1ccc(Cl)cc1Cl)C1CCNC1. The summed E-state index contributed by atoms with van der Waals surface area (Å²) in [7, 11) is 0. The Hall–Kier alpha value is -0.770. The maximum absolute atomic E-state index is 11.8. The minimum atomic E-state index is 0.116. The zero-order valence-electron chi connectivity index (χ0n) is 10.0. The Morgan fingerprint density at radius 2 is 2.28 bits per heavy atom. The number of amides is 1. The standard InChI is InChI=1S/C13H16Cl2N2O/c14-11-2-1-9(12(15)7-11)4-6-17-13(18)10-3-5-16-8-10/h1-2,7,10,16H,3-6,8H2,(H,17,18). The minimum Gasteiger partial charge on any atom is -0.355 e. The lowest BCUT2D eigenvalue weighted by molar-refractivity contribution is -0.124. The van der Waals surface area contributed by atoms with E-state index in [1.807, 2.05) is 12.1 Å². The van der Waals surface area contributed by atoms with Gasteiger partial charge in [-0.05, 0) is 37.1 Å². The fourth-order valence-electron chi connectivity index (χ4n) is 2.07. The van der Waals surface area contributed by atoms with E-state index >= 15 is 0 Å². The van der Waals surface area contributed by atoms with Crippen LogP contribution in [0.2, 0.25) is 10.0 Å². The van der Waals surface area contributed by atoms with E-state index < -0.39 is 0 Å². The summed E-state index contributed by atoms with van der Waals surface area (Å²) in [4.78, 5) is 11.8. The van der Waals surface area contributed by atoms with Gasteiger partial charge in [0.15, 0.2) is 0 Å². The van der Waals surface area contributed by atoms with E-state index in [0.29, 0.717) is 16.6 Å². The van der Waals surface area contributed by atoms with Gasteiger partial charge < -0.3 is 10.6 Å². The van der Waals surface area contributed by atoms with Crippen molar-refractivity contribution in [2.75, 3.05) is 19.6 Å². The molecule has 0 aromatic heterocycles. The summed E-state index contributed by atoms with van der Waals surface area (Å²) in [6.45, 7) is 2.32. The third-order valence-corrected chi connectivity index (χ3v) is 3.73. The molecule has 1 heterocycles. The predicted octanol–water partition coefficient (Wildman–Crippen LogP) is 2.26. The molecule has 0 aliphatic carbocycles. The van der Waals surface area contributed by atoms with Gasteiger partial charge >= 0.3 is 0 Å². The van der Waals surface area contributed by atoms with Crippen molar-refractivity contribution in [3.05, 3.63) is 33.8 Å². The lowest BCUT2D eigenvalue weighted by Crippen LogP contribution is -2.33. The second-order valence-corrected chi connectivity index (χ2v) is 5.31. The number of halogens is 2. The minimum absolute atomic E-state index is 0.116. The Morgan fingerprint density at radius 1 is 1.44 bits per heavy atom. The monoisotopic (exact) mass is 286 g/mol. The molecule has 1 unspecified atom stereocenters. The highest BCUT2D eigenvalue weighted by Gasteiger charge is 2.21. The molecule has 0 bridgehead atoms. The van der Waals surface area contributed by atoms with Crippen LogP contribution in [0.5, 0.6) is 0 Å². The summed E-state index contributed by atoms with van der Waals surface area (Å²) in [6, 6.07) is 5.43. The Labute approximate surface area is 117 Å². The highest BCUT2D eigenvalue weighted by molar-refractivity contribution is 6.35. The number of rotatable bonds is 4. The predicted molar refractivity (Wildman–Crippen MR) is 74.2 cm³/mol. The van der Waals surface area contributed by atoms with Gasteiger partial charge in [-0.2, -0.15) is 0 Å². The Kier molecular flexibility index (Phi) is 4.87. The van der Waals surface area contributed by atoms with Crippen LogP contribution in [0.25, 0.3) is 0 Å². The molecule has 98 valence electrons. The number of carbonyl (C=O) groups excluding carboxylic acids is 1. The second-order valence-electron chi connectivity index (χ2n) is 4.47. The Balaban J connectivity index is 1.79. The molecule has 0 spiro atoms. The van der Waals surface area contributed by atoms with Crippen molar-refractivity contribution in [2.24, 2.45) is 5.92 Å². The number of nitrogens with one attached hydrogen (secondary N) is 2. The maximum atomic E-state index is 11.8. The van der Waals surface area contributed by atoms with Crippen molar-refractivity contribution in [2.45, 2.75) is 12.8 Å². The van der Waals surface area contributed by atoms with Crippen LogP contribution < -0.4 is 10.6 Å². The van der Waals surface area contributed by atoms with Gasteiger partial charge in [-0.3, -0.25) is 4.79 Å². The average molecular weight is 287 g/mol. The molecule has 1 saturated heterocycles. The lowest BCUT2D eigenvalue weighted by Gasteiger charge is -2.10. The molecular weight excluding hydrogens is 271 g/mol. The quantitative estimate of drug-likeness (QED) is 0.892. The van der Waals surface area contributed by atoms with E-state index in [1.165, 1.54) is 0 Å². The van der Waals surface area contributed by atoms with Crippen molar-refractivity contribution in [3.63, 3.8) is 0 Å². The van der Waals surface area contributed by atoms with Gasteiger partial charge in [0.1, 0.15) is 0 Å². The van der Waals surface area contributed by atoms with E-state index in [4.69, 9.17) is 23.2 Å². The van der Waals surface area contributed by atoms with Crippen molar-refractivity contribution < 1.29 is 4.79 Å². The second kappa shape index (κ2) is 6.41. The summed E-state index contributed by atoms with van der Waals surface area (Å²) in [5.74, 6) is 0.246. The molecule has 1 aromatic rings. The van der Waals surface area contributed by atoms with Crippen molar-refractivity contribution in [1.82, 2.24) is 10.6 Å². The molecule has 0 radical (unpaired) electrons. The van der Waals surface area contributed by atoms with Gasteiger partial charge in [-0.15, -0.1) is 0 Å².